The Morgan fingerprint density at radius 2 is 1.93 bits per heavy atom. The van der Waals surface area contributed by atoms with Crippen LogP contribution in [-0.4, -0.2) is 29.9 Å². The van der Waals surface area contributed by atoms with E-state index in [1.807, 2.05) is 25.8 Å². The van der Waals surface area contributed by atoms with E-state index >= 15 is 0 Å². The first-order valence-corrected chi connectivity index (χ1v) is 5.91. The molecule has 0 spiro atoms. The number of carbonyl (C=O) groups is 1. The molecule has 0 heterocycles. The number of nitrogens with two attached hydrogens (primary N) is 1. The summed E-state index contributed by atoms with van der Waals surface area (Å²) in [6, 6.07) is 0. The first kappa shape index (κ1) is 12.5. The summed E-state index contributed by atoms with van der Waals surface area (Å²) < 4.78 is 0. The van der Waals surface area contributed by atoms with Crippen molar-refractivity contribution in [1.29, 1.82) is 0 Å². The Balaban J connectivity index is 2.32. The van der Waals surface area contributed by atoms with Crippen LogP contribution < -0.4 is 5.73 Å². The van der Waals surface area contributed by atoms with Gasteiger partial charge in [0, 0.05) is 25.6 Å². The second-order valence-corrected chi connectivity index (χ2v) is 5.59. The van der Waals surface area contributed by atoms with Crippen molar-refractivity contribution in [2.24, 2.45) is 11.7 Å². The van der Waals surface area contributed by atoms with Gasteiger partial charge in [0.1, 0.15) is 0 Å². The van der Waals surface area contributed by atoms with E-state index in [-0.39, 0.29) is 11.4 Å². The normalized spacial score (nSPS) is 18.1. The zero-order valence-electron chi connectivity index (χ0n) is 10.3. The molecule has 2 N–H and O–H groups in total. The maximum atomic E-state index is 11.8. The molecule has 88 valence electrons. The second-order valence-electron chi connectivity index (χ2n) is 5.59. The van der Waals surface area contributed by atoms with Gasteiger partial charge in [-0.25, -0.2) is 0 Å². The molecule has 1 aliphatic rings. The highest BCUT2D eigenvalue weighted by atomic mass is 16.2. The highest BCUT2D eigenvalue weighted by Crippen LogP contribution is 2.25. The summed E-state index contributed by atoms with van der Waals surface area (Å²) in [5, 5.41) is 0. The molecule has 1 aliphatic carbocycles. The summed E-state index contributed by atoms with van der Waals surface area (Å²) >= 11 is 0. The lowest BCUT2D eigenvalue weighted by Gasteiger charge is -2.25. The minimum atomic E-state index is -0.388. The largest absolute Gasteiger partial charge is 0.345 e. The standard InChI is InChI=1S/C12H24N2O/c1-12(2,13)8-11(15)14(3)9-10-6-4-5-7-10/h10H,4-9,13H2,1-3H3. The highest BCUT2D eigenvalue weighted by molar-refractivity contribution is 5.77. The lowest BCUT2D eigenvalue weighted by molar-refractivity contribution is -0.131. The summed E-state index contributed by atoms with van der Waals surface area (Å²) in [7, 11) is 1.90. The van der Waals surface area contributed by atoms with Gasteiger partial charge in [-0.2, -0.15) is 0 Å². The number of amides is 1. The molecule has 15 heavy (non-hydrogen) atoms. The van der Waals surface area contributed by atoms with Crippen LogP contribution in [0, 0.1) is 5.92 Å². The molecule has 1 saturated carbocycles. The Bertz CT molecular complexity index is 214. The van der Waals surface area contributed by atoms with Crippen LogP contribution in [-0.2, 0) is 4.79 Å². The summed E-state index contributed by atoms with van der Waals surface area (Å²) in [5.41, 5.74) is 5.45. The Kier molecular flexibility index (Phi) is 4.14. The molecule has 0 atom stereocenters. The van der Waals surface area contributed by atoms with E-state index in [0.29, 0.717) is 6.42 Å². The molecule has 1 rings (SSSR count). The van der Waals surface area contributed by atoms with E-state index in [1.54, 1.807) is 0 Å². The van der Waals surface area contributed by atoms with E-state index in [2.05, 4.69) is 0 Å². The second kappa shape index (κ2) is 4.97. The van der Waals surface area contributed by atoms with Crippen LogP contribution >= 0.6 is 0 Å². The van der Waals surface area contributed by atoms with E-state index in [1.165, 1.54) is 25.7 Å². The molecule has 0 radical (unpaired) electrons. The van der Waals surface area contributed by atoms with Crippen molar-refractivity contribution < 1.29 is 4.79 Å². The van der Waals surface area contributed by atoms with Crippen molar-refractivity contribution in [3.63, 3.8) is 0 Å². The molecule has 0 aromatic heterocycles. The molecule has 0 bridgehead atoms. The van der Waals surface area contributed by atoms with E-state index in [0.717, 1.165) is 12.5 Å². The fourth-order valence-electron chi connectivity index (χ4n) is 2.21. The zero-order chi connectivity index (χ0) is 11.5. The molecular weight excluding hydrogens is 188 g/mol. The lowest BCUT2D eigenvalue weighted by atomic mass is 10.0. The third-order valence-electron chi connectivity index (χ3n) is 3.04. The minimum Gasteiger partial charge on any atom is -0.345 e. The van der Waals surface area contributed by atoms with Gasteiger partial charge in [-0.1, -0.05) is 12.8 Å². The van der Waals surface area contributed by atoms with Gasteiger partial charge >= 0.3 is 0 Å². The van der Waals surface area contributed by atoms with Crippen molar-refractivity contribution >= 4 is 5.91 Å². The topological polar surface area (TPSA) is 46.3 Å². The van der Waals surface area contributed by atoms with Crippen LogP contribution in [0.4, 0.5) is 0 Å². The molecule has 0 unspecified atom stereocenters. The number of hydrogen-bond acceptors (Lipinski definition) is 2. The minimum absolute atomic E-state index is 0.175. The van der Waals surface area contributed by atoms with Crippen LogP contribution in [0.25, 0.3) is 0 Å². The SMILES string of the molecule is CN(CC1CCCC1)C(=O)CC(C)(C)N. The van der Waals surface area contributed by atoms with Gasteiger partial charge in [-0.3, -0.25) is 4.79 Å². The van der Waals surface area contributed by atoms with Crippen LogP contribution in [0.3, 0.4) is 0 Å². The Labute approximate surface area is 93.0 Å². The number of nitrogens with zero attached hydrogens (tertiary/aromatic N) is 1. The first-order chi connectivity index (χ1) is 6.88. The van der Waals surface area contributed by atoms with Crippen LogP contribution in [0.2, 0.25) is 0 Å². The predicted octanol–water partition coefficient (Wildman–Crippen LogP) is 1.76. The van der Waals surface area contributed by atoms with Gasteiger partial charge in [0.2, 0.25) is 5.91 Å². The predicted molar refractivity (Wildman–Crippen MR) is 62.5 cm³/mol. The van der Waals surface area contributed by atoms with Gasteiger partial charge in [-0.05, 0) is 32.6 Å². The third-order valence-corrected chi connectivity index (χ3v) is 3.04. The van der Waals surface area contributed by atoms with Crippen LogP contribution in [0.1, 0.15) is 46.0 Å². The van der Waals surface area contributed by atoms with E-state index in [4.69, 9.17) is 5.73 Å². The molecule has 1 amide bonds. The maximum absolute atomic E-state index is 11.8. The lowest BCUT2D eigenvalue weighted by Crippen LogP contribution is -2.41. The third kappa shape index (κ3) is 4.65. The van der Waals surface area contributed by atoms with Gasteiger partial charge in [0.25, 0.3) is 0 Å². The Hall–Kier alpha value is -0.570. The van der Waals surface area contributed by atoms with Gasteiger partial charge in [0.05, 0.1) is 0 Å². The molecule has 3 heteroatoms. The fourth-order valence-corrected chi connectivity index (χ4v) is 2.21. The zero-order valence-corrected chi connectivity index (χ0v) is 10.3. The van der Waals surface area contributed by atoms with Crippen molar-refractivity contribution in [1.82, 2.24) is 4.90 Å². The summed E-state index contributed by atoms with van der Waals surface area (Å²) in [6.45, 7) is 4.71. The van der Waals surface area contributed by atoms with Crippen molar-refractivity contribution in [3.8, 4) is 0 Å². The molecule has 0 aromatic carbocycles. The number of carbonyl (C=O) groups excluding carboxylic acids is 1. The van der Waals surface area contributed by atoms with Crippen LogP contribution in [0.15, 0.2) is 0 Å². The average molecular weight is 212 g/mol. The summed E-state index contributed by atoms with van der Waals surface area (Å²) in [6.07, 6.45) is 5.66. The van der Waals surface area contributed by atoms with Crippen molar-refractivity contribution in [2.75, 3.05) is 13.6 Å². The highest BCUT2D eigenvalue weighted by Gasteiger charge is 2.22. The average Bonchev–Trinajstić information content (AvgIpc) is 2.53. The molecule has 0 aliphatic heterocycles. The monoisotopic (exact) mass is 212 g/mol. The smallest absolute Gasteiger partial charge is 0.224 e. The van der Waals surface area contributed by atoms with Gasteiger partial charge in [-0.15, -0.1) is 0 Å². The Morgan fingerprint density at radius 1 is 1.40 bits per heavy atom. The van der Waals surface area contributed by atoms with Crippen molar-refractivity contribution in [3.05, 3.63) is 0 Å². The summed E-state index contributed by atoms with van der Waals surface area (Å²) in [5.74, 6) is 0.897. The van der Waals surface area contributed by atoms with Crippen LogP contribution in [0.5, 0.6) is 0 Å². The molecular formula is C12H24N2O. The fraction of sp³-hybridized carbons (Fsp3) is 0.917. The van der Waals surface area contributed by atoms with E-state index in [9.17, 15) is 4.79 Å². The molecule has 0 aromatic rings. The van der Waals surface area contributed by atoms with Gasteiger partial charge in [0.15, 0.2) is 0 Å². The molecule has 0 saturated heterocycles. The Morgan fingerprint density at radius 3 is 2.40 bits per heavy atom. The number of hydrogen-bond donors (Lipinski definition) is 1. The molecule has 1 fully saturated rings. The maximum Gasteiger partial charge on any atom is 0.224 e. The molecule has 3 nitrogen and oxygen atoms in total. The van der Waals surface area contributed by atoms with Crippen molar-refractivity contribution in [2.45, 2.75) is 51.5 Å². The first-order valence-electron chi connectivity index (χ1n) is 5.91. The van der Waals surface area contributed by atoms with E-state index < -0.39 is 0 Å². The number of rotatable bonds is 4. The van der Waals surface area contributed by atoms with Gasteiger partial charge < -0.3 is 10.6 Å². The quantitative estimate of drug-likeness (QED) is 0.772. The summed E-state index contributed by atoms with van der Waals surface area (Å²) in [4.78, 5) is 13.6.